The van der Waals surface area contributed by atoms with Crippen LogP contribution in [0.25, 0.3) is 0 Å². The first-order valence-corrected chi connectivity index (χ1v) is 6.67. The maximum Gasteiger partial charge on any atom is 0.257 e. The van der Waals surface area contributed by atoms with E-state index in [0.717, 1.165) is 16.9 Å². The van der Waals surface area contributed by atoms with E-state index >= 15 is 0 Å². The summed E-state index contributed by atoms with van der Waals surface area (Å²) in [4.78, 5) is 11.6. The summed E-state index contributed by atoms with van der Waals surface area (Å²) in [6.07, 6.45) is -0.0940. The van der Waals surface area contributed by atoms with Crippen LogP contribution in [0.5, 0.6) is 5.75 Å². The largest absolute Gasteiger partial charge is 0.483 e. The third-order valence-corrected chi connectivity index (χ3v) is 3.07. The standard InChI is InChI=1S/C15H23NO4/c1-11-5-4-6-14(12(11)2)20-10-15(18)16-8-7-13(17)9-19-3/h4-6,13,17H,7-10H2,1-3H3,(H,16,18). The second-order valence-corrected chi connectivity index (χ2v) is 4.73. The van der Waals surface area contributed by atoms with Gasteiger partial charge in [-0.05, 0) is 37.5 Å². The van der Waals surface area contributed by atoms with Crippen LogP contribution in [0.1, 0.15) is 17.5 Å². The van der Waals surface area contributed by atoms with Gasteiger partial charge in [0.2, 0.25) is 0 Å². The molecule has 0 aliphatic heterocycles. The van der Waals surface area contributed by atoms with E-state index < -0.39 is 6.10 Å². The molecule has 1 unspecified atom stereocenters. The van der Waals surface area contributed by atoms with Gasteiger partial charge >= 0.3 is 0 Å². The monoisotopic (exact) mass is 281 g/mol. The predicted molar refractivity (Wildman–Crippen MR) is 76.9 cm³/mol. The van der Waals surface area contributed by atoms with Crippen LogP contribution < -0.4 is 10.1 Å². The Morgan fingerprint density at radius 1 is 1.40 bits per heavy atom. The second-order valence-electron chi connectivity index (χ2n) is 4.73. The molecule has 2 N–H and O–H groups in total. The molecule has 1 aromatic rings. The molecular weight excluding hydrogens is 258 g/mol. The van der Waals surface area contributed by atoms with Crippen molar-refractivity contribution in [3.8, 4) is 5.75 Å². The third kappa shape index (κ3) is 5.59. The van der Waals surface area contributed by atoms with Crippen molar-refractivity contribution < 1.29 is 19.4 Å². The first-order valence-electron chi connectivity index (χ1n) is 6.67. The first-order chi connectivity index (χ1) is 9.54. The maximum absolute atomic E-state index is 11.6. The molecule has 1 amide bonds. The lowest BCUT2D eigenvalue weighted by Gasteiger charge is -2.12. The Hall–Kier alpha value is -1.59. The Balaban J connectivity index is 2.28. The van der Waals surface area contributed by atoms with Gasteiger partial charge in [-0.1, -0.05) is 12.1 Å². The topological polar surface area (TPSA) is 67.8 Å². The molecule has 0 spiro atoms. The average molecular weight is 281 g/mol. The summed E-state index contributed by atoms with van der Waals surface area (Å²) < 4.78 is 10.3. The van der Waals surface area contributed by atoms with E-state index in [1.165, 1.54) is 7.11 Å². The van der Waals surface area contributed by atoms with E-state index in [1.807, 2.05) is 32.0 Å². The normalized spacial score (nSPS) is 12.0. The molecule has 0 aliphatic carbocycles. The Kier molecular flexibility index (Phi) is 7.04. The summed E-state index contributed by atoms with van der Waals surface area (Å²) in [5.41, 5.74) is 2.17. The number of nitrogens with one attached hydrogen (secondary N) is 1. The van der Waals surface area contributed by atoms with Crippen LogP contribution in [-0.2, 0) is 9.53 Å². The van der Waals surface area contributed by atoms with Crippen LogP contribution in [0.15, 0.2) is 18.2 Å². The summed E-state index contributed by atoms with van der Waals surface area (Å²) in [7, 11) is 1.53. The van der Waals surface area contributed by atoms with Crippen molar-refractivity contribution in [3.63, 3.8) is 0 Å². The highest BCUT2D eigenvalue weighted by atomic mass is 16.5. The van der Waals surface area contributed by atoms with E-state index in [-0.39, 0.29) is 19.1 Å². The SMILES string of the molecule is COCC(O)CCNC(=O)COc1cccc(C)c1C. The minimum atomic E-state index is -0.555. The number of hydrogen-bond donors (Lipinski definition) is 2. The van der Waals surface area contributed by atoms with Crippen LogP contribution in [0.2, 0.25) is 0 Å². The molecular formula is C15H23NO4. The van der Waals surface area contributed by atoms with Crippen LogP contribution in [0.3, 0.4) is 0 Å². The smallest absolute Gasteiger partial charge is 0.257 e. The minimum absolute atomic E-state index is 0.0231. The fourth-order valence-corrected chi connectivity index (χ4v) is 1.73. The Labute approximate surface area is 119 Å². The van der Waals surface area contributed by atoms with Gasteiger partial charge in [0.15, 0.2) is 6.61 Å². The van der Waals surface area contributed by atoms with Gasteiger partial charge < -0.3 is 19.9 Å². The number of hydrogen-bond acceptors (Lipinski definition) is 4. The number of amides is 1. The number of carbonyl (C=O) groups excluding carboxylic acids is 1. The number of aliphatic hydroxyl groups is 1. The Morgan fingerprint density at radius 2 is 2.15 bits per heavy atom. The van der Waals surface area contributed by atoms with Crippen molar-refractivity contribution in [3.05, 3.63) is 29.3 Å². The summed E-state index contributed by atoms with van der Waals surface area (Å²) in [6, 6.07) is 5.74. The van der Waals surface area contributed by atoms with Gasteiger partial charge in [-0.15, -0.1) is 0 Å². The summed E-state index contributed by atoms with van der Waals surface area (Å²) in [6.45, 7) is 4.61. The third-order valence-electron chi connectivity index (χ3n) is 3.07. The summed E-state index contributed by atoms with van der Waals surface area (Å²) in [5, 5.41) is 12.1. The molecule has 0 heterocycles. The highest BCUT2D eigenvalue weighted by molar-refractivity contribution is 5.77. The minimum Gasteiger partial charge on any atom is -0.483 e. The van der Waals surface area contributed by atoms with E-state index in [9.17, 15) is 9.90 Å². The van der Waals surface area contributed by atoms with E-state index in [4.69, 9.17) is 9.47 Å². The summed E-state index contributed by atoms with van der Waals surface area (Å²) >= 11 is 0. The number of rotatable bonds is 8. The van der Waals surface area contributed by atoms with E-state index in [1.54, 1.807) is 0 Å². The molecule has 1 rings (SSSR count). The molecule has 0 saturated carbocycles. The summed E-state index contributed by atoms with van der Waals surface area (Å²) in [5.74, 6) is 0.523. The molecule has 0 bridgehead atoms. The van der Waals surface area contributed by atoms with Crippen molar-refractivity contribution >= 4 is 5.91 Å². The van der Waals surface area contributed by atoms with Gasteiger partial charge in [0, 0.05) is 13.7 Å². The van der Waals surface area contributed by atoms with Crippen molar-refractivity contribution in [1.82, 2.24) is 5.32 Å². The lowest BCUT2D eigenvalue weighted by molar-refractivity contribution is -0.123. The van der Waals surface area contributed by atoms with Crippen LogP contribution >= 0.6 is 0 Å². The van der Waals surface area contributed by atoms with E-state index in [2.05, 4.69) is 5.32 Å². The van der Waals surface area contributed by atoms with Gasteiger partial charge in [0.1, 0.15) is 5.75 Å². The van der Waals surface area contributed by atoms with Crippen molar-refractivity contribution in [1.29, 1.82) is 0 Å². The predicted octanol–water partition coefficient (Wildman–Crippen LogP) is 1.20. The second kappa shape index (κ2) is 8.55. The van der Waals surface area contributed by atoms with Crippen molar-refractivity contribution in [2.24, 2.45) is 0 Å². The van der Waals surface area contributed by atoms with Crippen molar-refractivity contribution in [2.75, 3.05) is 26.9 Å². The van der Waals surface area contributed by atoms with Crippen molar-refractivity contribution in [2.45, 2.75) is 26.4 Å². The molecule has 0 fully saturated rings. The molecule has 112 valence electrons. The zero-order chi connectivity index (χ0) is 15.0. The number of methoxy groups -OCH3 is 1. The first kappa shape index (κ1) is 16.5. The Bertz CT molecular complexity index is 434. The van der Waals surface area contributed by atoms with Crippen LogP contribution in [0, 0.1) is 13.8 Å². The fourth-order valence-electron chi connectivity index (χ4n) is 1.73. The molecule has 0 aliphatic rings. The maximum atomic E-state index is 11.6. The van der Waals surface area contributed by atoms with Crippen LogP contribution in [0.4, 0.5) is 0 Å². The van der Waals surface area contributed by atoms with Crippen LogP contribution in [-0.4, -0.2) is 44.0 Å². The lowest BCUT2D eigenvalue weighted by atomic mass is 10.1. The number of benzene rings is 1. The molecule has 20 heavy (non-hydrogen) atoms. The number of ether oxygens (including phenoxy) is 2. The van der Waals surface area contributed by atoms with Gasteiger partial charge in [-0.25, -0.2) is 0 Å². The van der Waals surface area contributed by atoms with E-state index in [0.29, 0.717) is 13.0 Å². The molecule has 0 saturated heterocycles. The van der Waals surface area contributed by atoms with Gasteiger partial charge in [0.25, 0.3) is 5.91 Å². The average Bonchev–Trinajstić information content (AvgIpc) is 2.41. The molecule has 5 heteroatoms. The highest BCUT2D eigenvalue weighted by Crippen LogP contribution is 2.20. The molecule has 1 aromatic carbocycles. The Morgan fingerprint density at radius 3 is 2.85 bits per heavy atom. The quantitative estimate of drug-likeness (QED) is 0.751. The lowest BCUT2D eigenvalue weighted by Crippen LogP contribution is -2.32. The zero-order valence-electron chi connectivity index (χ0n) is 12.3. The molecule has 0 aromatic heterocycles. The number of aliphatic hydroxyl groups excluding tert-OH is 1. The van der Waals surface area contributed by atoms with Gasteiger partial charge in [-0.3, -0.25) is 4.79 Å². The number of carbonyl (C=O) groups is 1. The van der Waals surface area contributed by atoms with Gasteiger partial charge in [0.05, 0.1) is 12.7 Å². The molecule has 0 radical (unpaired) electrons. The number of aryl methyl sites for hydroxylation is 1. The molecule has 5 nitrogen and oxygen atoms in total. The van der Waals surface area contributed by atoms with Gasteiger partial charge in [-0.2, -0.15) is 0 Å². The fraction of sp³-hybridized carbons (Fsp3) is 0.533. The molecule has 1 atom stereocenters. The highest BCUT2D eigenvalue weighted by Gasteiger charge is 2.07. The zero-order valence-corrected chi connectivity index (χ0v) is 12.3.